The van der Waals surface area contributed by atoms with Crippen LogP contribution in [0.15, 0.2) is 12.7 Å². The minimum absolute atomic E-state index is 0.552. The van der Waals surface area contributed by atoms with Crippen molar-refractivity contribution in [3.63, 3.8) is 0 Å². The van der Waals surface area contributed by atoms with Gasteiger partial charge in [-0.05, 0) is 32.7 Å². The van der Waals surface area contributed by atoms with Gasteiger partial charge in [-0.2, -0.15) is 0 Å². The number of nitrogens with zero attached hydrogens (tertiary/aromatic N) is 1. The molecule has 1 saturated heterocycles. The van der Waals surface area contributed by atoms with Crippen LogP contribution in [0.4, 0.5) is 0 Å². The molecule has 1 nitrogen and oxygen atoms in total. The third kappa shape index (κ3) is 1.84. The maximum atomic E-state index is 3.78. The van der Waals surface area contributed by atoms with Gasteiger partial charge in [0.25, 0.3) is 0 Å². The average Bonchev–Trinajstić information content (AvgIpc) is 2.05. The Kier molecular flexibility index (Phi) is 2.94. The van der Waals surface area contributed by atoms with Gasteiger partial charge in [0.15, 0.2) is 0 Å². The summed E-state index contributed by atoms with van der Waals surface area (Å²) >= 11 is 0. The molecule has 1 atom stereocenters. The van der Waals surface area contributed by atoms with Crippen molar-refractivity contribution >= 4 is 0 Å². The van der Waals surface area contributed by atoms with Crippen molar-refractivity contribution in [2.45, 2.75) is 25.8 Å². The third-order valence-corrected chi connectivity index (χ3v) is 2.13. The van der Waals surface area contributed by atoms with E-state index in [1.165, 1.54) is 19.4 Å². The SMILES string of the molecule is C=CC(C)N1C[CH]CCC1. The highest BCUT2D eigenvalue weighted by Gasteiger charge is 2.13. The van der Waals surface area contributed by atoms with E-state index in [2.05, 4.69) is 24.8 Å². The first-order valence-corrected chi connectivity index (χ1v) is 4.03. The second-order valence-corrected chi connectivity index (χ2v) is 2.90. The summed E-state index contributed by atoms with van der Waals surface area (Å²) in [5.41, 5.74) is 0. The van der Waals surface area contributed by atoms with Crippen LogP contribution in [0, 0.1) is 6.42 Å². The summed E-state index contributed by atoms with van der Waals surface area (Å²) in [6.45, 7) is 8.37. The summed E-state index contributed by atoms with van der Waals surface area (Å²) in [5, 5.41) is 0. The Morgan fingerprint density at radius 3 is 3.00 bits per heavy atom. The molecule has 1 heterocycles. The zero-order chi connectivity index (χ0) is 7.40. The van der Waals surface area contributed by atoms with Crippen molar-refractivity contribution in [1.82, 2.24) is 4.90 Å². The summed E-state index contributed by atoms with van der Waals surface area (Å²) < 4.78 is 0. The standard InChI is InChI=1S/C9H16N/c1-3-9(2)10-7-5-4-6-8-10/h3,5,9H,1,4,6-8H2,2H3. The van der Waals surface area contributed by atoms with Gasteiger partial charge >= 0.3 is 0 Å². The molecule has 10 heavy (non-hydrogen) atoms. The predicted octanol–water partition coefficient (Wildman–Crippen LogP) is 1.86. The van der Waals surface area contributed by atoms with Gasteiger partial charge in [0.2, 0.25) is 0 Å². The second-order valence-electron chi connectivity index (χ2n) is 2.90. The van der Waals surface area contributed by atoms with Crippen molar-refractivity contribution in [2.24, 2.45) is 0 Å². The Morgan fingerprint density at radius 2 is 2.50 bits per heavy atom. The zero-order valence-electron chi connectivity index (χ0n) is 6.71. The Bertz CT molecular complexity index is 103. The van der Waals surface area contributed by atoms with Crippen LogP contribution >= 0.6 is 0 Å². The quantitative estimate of drug-likeness (QED) is 0.526. The molecule has 0 aliphatic carbocycles. The topological polar surface area (TPSA) is 3.24 Å². The van der Waals surface area contributed by atoms with Gasteiger partial charge in [0.05, 0.1) is 0 Å². The molecule has 1 aliphatic heterocycles. The monoisotopic (exact) mass is 138 g/mol. The number of rotatable bonds is 2. The van der Waals surface area contributed by atoms with Gasteiger partial charge in [0.1, 0.15) is 0 Å². The van der Waals surface area contributed by atoms with E-state index >= 15 is 0 Å². The molecule has 0 aromatic heterocycles. The summed E-state index contributed by atoms with van der Waals surface area (Å²) in [5.74, 6) is 0. The normalized spacial score (nSPS) is 24.1. The number of hydrogen-bond donors (Lipinski definition) is 0. The summed E-state index contributed by atoms with van der Waals surface area (Å²) in [4.78, 5) is 2.44. The second kappa shape index (κ2) is 3.77. The molecule has 1 heteroatoms. The van der Waals surface area contributed by atoms with E-state index < -0.39 is 0 Å². The average molecular weight is 138 g/mol. The molecule has 0 aromatic carbocycles. The molecule has 1 aliphatic rings. The van der Waals surface area contributed by atoms with Crippen LogP contribution < -0.4 is 0 Å². The first-order valence-electron chi connectivity index (χ1n) is 4.03. The molecular formula is C9H16N. The number of hydrogen-bond acceptors (Lipinski definition) is 1. The van der Waals surface area contributed by atoms with Crippen LogP contribution in [-0.4, -0.2) is 24.0 Å². The molecule has 57 valence electrons. The van der Waals surface area contributed by atoms with Gasteiger partial charge < -0.3 is 0 Å². The van der Waals surface area contributed by atoms with E-state index in [0.29, 0.717) is 6.04 Å². The molecule has 1 fully saturated rings. The van der Waals surface area contributed by atoms with Gasteiger partial charge in [-0.3, -0.25) is 4.90 Å². The molecule has 0 spiro atoms. The first kappa shape index (κ1) is 7.80. The fourth-order valence-corrected chi connectivity index (χ4v) is 1.31. The van der Waals surface area contributed by atoms with Gasteiger partial charge in [-0.1, -0.05) is 6.08 Å². The summed E-state index contributed by atoms with van der Waals surface area (Å²) in [7, 11) is 0. The maximum Gasteiger partial charge on any atom is 0.0247 e. The van der Waals surface area contributed by atoms with Gasteiger partial charge in [0, 0.05) is 12.6 Å². The maximum absolute atomic E-state index is 3.78. The smallest absolute Gasteiger partial charge is 0.0247 e. The zero-order valence-corrected chi connectivity index (χ0v) is 6.71. The molecule has 0 saturated carbocycles. The van der Waals surface area contributed by atoms with E-state index in [-0.39, 0.29) is 0 Å². The Morgan fingerprint density at radius 1 is 1.70 bits per heavy atom. The van der Waals surface area contributed by atoms with E-state index in [1.807, 2.05) is 6.08 Å². The molecule has 0 N–H and O–H groups in total. The van der Waals surface area contributed by atoms with E-state index in [1.54, 1.807) is 0 Å². The van der Waals surface area contributed by atoms with Crippen molar-refractivity contribution in [1.29, 1.82) is 0 Å². The minimum Gasteiger partial charge on any atom is -0.297 e. The lowest BCUT2D eigenvalue weighted by atomic mass is 10.1. The number of piperidine rings is 1. The molecule has 1 unspecified atom stereocenters. The Hall–Kier alpha value is -0.300. The van der Waals surface area contributed by atoms with Crippen LogP contribution in [0.2, 0.25) is 0 Å². The lowest BCUT2D eigenvalue weighted by Crippen LogP contribution is -2.36. The Balaban J connectivity index is 2.30. The molecule has 0 aromatic rings. The van der Waals surface area contributed by atoms with E-state index in [0.717, 1.165) is 6.54 Å². The largest absolute Gasteiger partial charge is 0.297 e. The van der Waals surface area contributed by atoms with Crippen molar-refractivity contribution < 1.29 is 0 Å². The molecule has 0 bridgehead atoms. The molecule has 1 rings (SSSR count). The van der Waals surface area contributed by atoms with Crippen molar-refractivity contribution in [3.8, 4) is 0 Å². The molecule has 1 radical (unpaired) electrons. The minimum atomic E-state index is 0.552. The predicted molar refractivity (Wildman–Crippen MR) is 44.8 cm³/mol. The van der Waals surface area contributed by atoms with Crippen LogP contribution in [0.1, 0.15) is 19.8 Å². The highest BCUT2D eigenvalue weighted by Crippen LogP contribution is 2.10. The molecule has 0 amide bonds. The van der Waals surface area contributed by atoms with E-state index in [4.69, 9.17) is 0 Å². The fourth-order valence-electron chi connectivity index (χ4n) is 1.31. The van der Waals surface area contributed by atoms with Crippen LogP contribution in [0.5, 0.6) is 0 Å². The summed E-state index contributed by atoms with van der Waals surface area (Å²) in [6.07, 6.45) is 6.97. The highest BCUT2D eigenvalue weighted by molar-refractivity contribution is 4.89. The third-order valence-electron chi connectivity index (χ3n) is 2.13. The van der Waals surface area contributed by atoms with Crippen LogP contribution in [-0.2, 0) is 0 Å². The summed E-state index contributed by atoms with van der Waals surface area (Å²) in [6, 6.07) is 0.552. The first-order chi connectivity index (χ1) is 4.84. The Labute approximate surface area is 63.7 Å². The number of likely N-dealkylation sites (tertiary alicyclic amines) is 1. The van der Waals surface area contributed by atoms with Gasteiger partial charge in [-0.25, -0.2) is 0 Å². The van der Waals surface area contributed by atoms with Crippen molar-refractivity contribution in [3.05, 3.63) is 19.1 Å². The van der Waals surface area contributed by atoms with Crippen LogP contribution in [0.3, 0.4) is 0 Å². The van der Waals surface area contributed by atoms with Crippen LogP contribution in [0.25, 0.3) is 0 Å². The van der Waals surface area contributed by atoms with Crippen molar-refractivity contribution in [2.75, 3.05) is 13.1 Å². The lowest BCUT2D eigenvalue weighted by Gasteiger charge is -2.30. The van der Waals surface area contributed by atoms with E-state index in [9.17, 15) is 0 Å². The van der Waals surface area contributed by atoms with Gasteiger partial charge in [-0.15, -0.1) is 6.58 Å². The lowest BCUT2D eigenvalue weighted by molar-refractivity contribution is 0.232. The molecular weight excluding hydrogens is 122 g/mol. The fraction of sp³-hybridized carbons (Fsp3) is 0.667. The highest BCUT2D eigenvalue weighted by atomic mass is 15.1.